The smallest absolute Gasteiger partial charge is 0.310 e. The predicted octanol–water partition coefficient (Wildman–Crippen LogP) is 0.331. The highest BCUT2D eigenvalue weighted by Crippen LogP contribution is 2.07. The molecule has 0 aromatic heterocycles. The lowest BCUT2D eigenvalue weighted by Gasteiger charge is -2.38. The van der Waals surface area contributed by atoms with Crippen molar-refractivity contribution in [2.75, 3.05) is 20.3 Å². The van der Waals surface area contributed by atoms with E-state index in [0.717, 1.165) is 13.2 Å². The summed E-state index contributed by atoms with van der Waals surface area (Å²) >= 11 is 0. The van der Waals surface area contributed by atoms with Crippen molar-refractivity contribution in [2.24, 2.45) is 0 Å². The van der Waals surface area contributed by atoms with Crippen LogP contribution in [0, 0.1) is 0 Å². The molecule has 3 heteroatoms. The van der Waals surface area contributed by atoms with Gasteiger partial charge in [-0.25, -0.2) is 4.79 Å². The Bertz CT molecular complexity index is 113. The third-order valence-electron chi connectivity index (χ3n) is 1.36. The SMILES string of the molecule is CCN1CN(C)C1=O. The van der Waals surface area contributed by atoms with Crippen LogP contribution in [-0.4, -0.2) is 36.1 Å². The molecule has 1 aliphatic rings. The van der Waals surface area contributed by atoms with Gasteiger partial charge in [0.25, 0.3) is 0 Å². The molecule has 8 heavy (non-hydrogen) atoms. The van der Waals surface area contributed by atoms with Crippen LogP contribution in [-0.2, 0) is 0 Å². The number of rotatable bonds is 1. The van der Waals surface area contributed by atoms with Crippen LogP contribution in [0.2, 0.25) is 0 Å². The van der Waals surface area contributed by atoms with E-state index in [4.69, 9.17) is 0 Å². The molecule has 0 radical (unpaired) electrons. The lowest BCUT2D eigenvalue weighted by molar-refractivity contribution is 0.0800. The fourth-order valence-corrected chi connectivity index (χ4v) is 0.776. The maximum Gasteiger partial charge on any atom is 0.322 e. The van der Waals surface area contributed by atoms with Gasteiger partial charge in [0, 0.05) is 13.6 Å². The van der Waals surface area contributed by atoms with Crippen molar-refractivity contribution in [3.8, 4) is 0 Å². The highest BCUT2D eigenvalue weighted by Gasteiger charge is 2.27. The van der Waals surface area contributed by atoms with Gasteiger partial charge in [0.05, 0.1) is 6.67 Å². The molecule has 0 aromatic rings. The summed E-state index contributed by atoms with van der Waals surface area (Å²) in [6.45, 7) is 3.61. The Labute approximate surface area is 48.9 Å². The maximum absolute atomic E-state index is 10.6. The van der Waals surface area contributed by atoms with Crippen LogP contribution in [0.15, 0.2) is 0 Å². The Kier molecular flexibility index (Phi) is 1.12. The van der Waals surface area contributed by atoms with Gasteiger partial charge in [-0.05, 0) is 6.92 Å². The van der Waals surface area contributed by atoms with Crippen LogP contribution < -0.4 is 0 Å². The van der Waals surface area contributed by atoms with Crippen LogP contribution in [0.5, 0.6) is 0 Å². The lowest BCUT2D eigenvalue weighted by atomic mass is 10.5. The molecular formula is C5H10N2O. The minimum absolute atomic E-state index is 0.146. The Balaban J connectivity index is 2.36. The Morgan fingerprint density at radius 3 is 2.50 bits per heavy atom. The third-order valence-corrected chi connectivity index (χ3v) is 1.36. The van der Waals surface area contributed by atoms with Gasteiger partial charge in [-0.15, -0.1) is 0 Å². The first-order valence-electron chi connectivity index (χ1n) is 2.75. The summed E-state index contributed by atoms with van der Waals surface area (Å²) in [6.07, 6.45) is 0. The van der Waals surface area contributed by atoms with E-state index < -0.39 is 0 Å². The van der Waals surface area contributed by atoms with Crippen molar-refractivity contribution >= 4 is 6.03 Å². The number of carbonyl (C=O) groups excluding carboxylic acids is 1. The maximum atomic E-state index is 10.6. The molecule has 0 aliphatic carbocycles. The molecule has 0 bridgehead atoms. The lowest BCUT2D eigenvalue weighted by Crippen LogP contribution is -2.57. The van der Waals surface area contributed by atoms with Gasteiger partial charge in [-0.1, -0.05) is 0 Å². The van der Waals surface area contributed by atoms with Gasteiger partial charge in [0.15, 0.2) is 0 Å². The summed E-state index contributed by atoms with van der Waals surface area (Å²) in [6, 6.07) is 0.146. The number of amides is 2. The predicted molar refractivity (Wildman–Crippen MR) is 30.4 cm³/mol. The first-order chi connectivity index (χ1) is 3.75. The molecule has 0 spiro atoms. The van der Waals surface area contributed by atoms with E-state index in [1.165, 1.54) is 0 Å². The summed E-state index contributed by atoms with van der Waals surface area (Å²) in [5.41, 5.74) is 0. The van der Waals surface area contributed by atoms with Gasteiger partial charge in [0.1, 0.15) is 0 Å². The average Bonchev–Trinajstić information content (AvgIpc) is 1.81. The molecule has 2 amide bonds. The van der Waals surface area contributed by atoms with Crippen LogP contribution >= 0.6 is 0 Å². The highest BCUT2D eigenvalue weighted by atomic mass is 16.2. The fraction of sp³-hybridized carbons (Fsp3) is 0.800. The Morgan fingerprint density at radius 2 is 2.38 bits per heavy atom. The molecule has 1 saturated heterocycles. The first kappa shape index (κ1) is 5.41. The average molecular weight is 114 g/mol. The van der Waals surface area contributed by atoms with Crippen molar-refractivity contribution in [1.82, 2.24) is 9.80 Å². The van der Waals surface area contributed by atoms with Crippen molar-refractivity contribution in [2.45, 2.75) is 6.92 Å². The summed E-state index contributed by atoms with van der Waals surface area (Å²) in [5, 5.41) is 0. The number of carbonyl (C=O) groups is 1. The van der Waals surface area contributed by atoms with Gasteiger partial charge >= 0.3 is 6.03 Å². The summed E-state index contributed by atoms with van der Waals surface area (Å²) in [7, 11) is 1.80. The Hall–Kier alpha value is -0.730. The molecule has 3 nitrogen and oxygen atoms in total. The van der Waals surface area contributed by atoms with E-state index in [1.54, 1.807) is 16.8 Å². The van der Waals surface area contributed by atoms with Crippen LogP contribution in [0.4, 0.5) is 4.79 Å². The van der Waals surface area contributed by atoms with E-state index in [0.29, 0.717) is 0 Å². The van der Waals surface area contributed by atoms with Gasteiger partial charge in [-0.3, -0.25) is 0 Å². The standard InChI is InChI=1S/C5H10N2O/c1-3-7-4-6(2)5(7)8/h3-4H2,1-2H3. The third kappa shape index (κ3) is 0.546. The van der Waals surface area contributed by atoms with Crippen molar-refractivity contribution in [3.05, 3.63) is 0 Å². The summed E-state index contributed by atoms with van der Waals surface area (Å²) < 4.78 is 0. The summed E-state index contributed by atoms with van der Waals surface area (Å²) in [5.74, 6) is 0. The second-order valence-corrected chi connectivity index (χ2v) is 1.98. The van der Waals surface area contributed by atoms with Crippen LogP contribution in [0.3, 0.4) is 0 Å². The van der Waals surface area contributed by atoms with Crippen LogP contribution in [0.1, 0.15) is 6.92 Å². The van der Waals surface area contributed by atoms with Gasteiger partial charge in [0.2, 0.25) is 0 Å². The van der Waals surface area contributed by atoms with E-state index >= 15 is 0 Å². The zero-order chi connectivity index (χ0) is 6.15. The molecule has 0 saturated carbocycles. The van der Waals surface area contributed by atoms with E-state index in [1.807, 2.05) is 6.92 Å². The normalized spacial score (nSPS) is 19.0. The monoisotopic (exact) mass is 114 g/mol. The zero-order valence-electron chi connectivity index (χ0n) is 5.22. The van der Waals surface area contributed by atoms with E-state index in [2.05, 4.69) is 0 Å². The Morgan fingerprint density at radius 1 is 1.75 bits per heavy atom. The van der Waals surface area contributed by atoms with Crippen LogP contribution in [0.25, 0.3) is 0 Å². The van der Waals surface area contributed by atoms with Crippen molar-refractivity contribution in [1.29, 1.82) is 0 Å². The van der Waals surface area contributed by atoms with E-state index in [-0.39, 0.29) is 6.03 Å². The molecule has 1 rings (SSSR count). The largest absolute Gasteiger partial charge is 0.322 e. The minimum Gasteiger partial charge on any atom is -0.310 e. The summed E-state index contributed by atoms with van der Waals surface area (Å²) in [4.78, 5) is 14.1. The second kappa shape index (κ2) is 1.65. The minimum atomic E-state index is 0.146. The molecule has 0 unspecified atom stereocenters. The van der Waals surface area contributed by atoms with Crippen molar-refractivity contribution in [3.63, 3.8) is 0 Å². The molecule has 0 atom stereocenters. The molecular weight excluding hydrogens is 104 g/mol. The molecule has 46 valence electrons. The zero-order valence-corrected chi connectivity index (χ0v) is 5.22. The van der Waals surface area contributed by atoms with Gasteiger partial charge in [-0.2, -0.15) is 0 Å². The topological polar surface area (TPSA) is 23.6 Å². The number of nitrogens with zero attached hydrogens (tertiary/aromatic N) is 2. The molecule has 1 heterocycles. The van der Waals surface area contributed by atoms with Gasteiger partial charge < -0.3 is 9.80 Å². The highest BCUT2D eigenvalue weighted by molar-refractivity contribution is 5.78. The number of urea groups is 1. The molecule has 0 N–H and O–H groups in total. The number of hydrogen-bond acceptors (Lipinski definition) is 1. The molecule has 0 aromatic carbocycles. The number of hydrogen-bond donors (Lipinski definition) is 0. The van der Waals surface area contributed by atoms with Crippen molar-refractivity contribution < 1.29 is 4.79 Å². The first-order valence-corrected chi connectivity index (χ1v) is 2.75. The quantitative estimate of drug-likeness (QED) is 0.482. The fourth-order valence-electron chi connectivity index (χ4n) is 0.776. The molecule has 1 fully saturated rings. The second-order valence-electron chi connectivity index (χ2n) is 1.98. The molecule has 1 aliphatic heterocycles. The van der Waals surface area contributed by atoms with E-state index in [9.17, 15) is 4.79 Å².